The van der Waals surface area contributed by atoms with E-state index in [1.807, 2.05) is 36.4 Å². The number of nitrogens with zero attached hydrogens (tertiary/aromatic N) is 3. The van der Waals surface area contributed by atoms with Crippen LogP contribution in [0.5, 0.6) is 0 Å². The van der Waals surface area contributed by atoms with E-state index in [-0.39, 0.29) is 5.91 Å². The van der Waals surface area contributed by atoms with Crippen molar-refractivity contribution in [3.05, 3.63) is 48.5 Å². The van der Waals surface area contributed by atoms with Crippen LogP contribution in [0.2, 0.25) is 0 Å². The van der Waals surface area contributed by atoms with Crippen molar-refractivity contribution in [2.75, 3.05) is 49.2 Å². The minimum atomic E-state index is 0.000772. The van der Waals surface area contributed by atoms with E-state index >= 15 is 0 Å². The Morgan fingerprint density at radius 1 is 1.11 bits per heavy atom. The molecule has 4 rings (SSSR count). The standard InChI is InChI=1S/C20H22N4OS2/c1-23-10-12-24(13-11-23)17-8-4-2-6-15(17)21-19(25)14-26-20-22-16-7-3-5-9-18(16)27-20/h2-9H,10-14H2,1H3,(H,21,25). The largest absolute Gasteiger partial charge is 0.367 e. The molecule has 1 aromatic heterocycles. The van der Waals surface area contributed by atoms with Crippen LogP contribution >= 0.6 is 23.1 Å². The Bertz CT molecular complexity index is 901. The number of nitrogens with one attached hydrogen (secondary N) is 1. The lowest BCUT2D eigenvalue weighted by molar-refractivity contribution is -0.113. The van der Waals surface area contributed by atoms with Gasteiger partial charge in [0.25, 0.3) is 0 Å². The van der Waals surface area contributed by atoms with Crippen LogP contribution in [0.15, 0.2) is 52.9 Å². The van der Waals surface area contributed by atoms with Crippen LogP contribution in [0, 0.1) is 0 Å². The first kappa shape index (κ1) is 18.3. The van der Waals surface area contributed by atoms with Crippen molar-refractivity contribution in [1.82, 2.24) is 9.88 Å². The Labute approximate surface area is 167 Å². The summed E-state index contributed by atoms with van der Waals surface area (Å²) in [6.45, 7) is 4.03. The van der Waals surface area contributed by atoms with Gasteiger partial charge in [0.1, 0.15) is 0 Å². The van der Waals surface area contributed by atoms with Crippen LogP contribution in [-0.2, 0) is 4.79 Å². The summed E-state index contributed by atoms with van der Waals surface area (Å²) in [5.74, 6) is 0.359. The molecule has 2 heterocycles. The van der Waals surface area contributed by atoms with Crippen molar-refractivity contribution in [2.24, 2.45) is 0 Å². The zero-order valence-corrected chi connectivity index (χ0v) is 16.9. The van der Waals surface area contributed by atoms with Gasteiger partial charge in [0.15, 0.2) is 4.34 Å². The van der Waals surface area contributed by atoms with Gasteiger partial charge in [-0.15, -0.1) is 11.3 Å². The molecule has 1 aliphatic rings. The number of rotatable bonds is 5. The van der Waals surface area contributed by atoms with E-state index in [1.54, 1.807) is 11.3 Å². The van der Waals surface area contributed by atoms with Gasteiger partial charge in [0, 0.05) is 26.2 Å². The molecule has 0 atom stereocenters. The van der Waals surface area contributed by atoms with Gasteiger partial charge in [-0.1, -0.05) is 36.0 Å². The highest BCUT2D eigenvalue weighted by atomic mass is 32.2. The molecular weight excluding hydrogens is 376 g/mol. The Morgan fingerprint density at radius 3 is 2.67 bits per heavy atom. The molecule has 0 radical (unpaired) electrons. The van der Waals surface area contributed by atoms with E-state index in [9.17, 15) is 4.79 Å². The molecule has 1 aliphatic heterocycles. The van der Waals surface area contributed by atoms with E-state index in [1.165, 1.54) is 11.8 Å². The van der Waals surface area contributed by atoms with E-state index in [2.05, 4.69) is 39.3 Å². The summed E-state index contributed by atoms with van der Waals surface area (Å²) in [5, 5.41) is 3.08. The molecule has 7 heteroatoms. The van der Waals surface area contributed by atoms with Gasteiger partial charge in [-0.2, -0.15) is 0 Å². The smallest absolute Gasteiger partial charge is 0.234 e. The highest BCUT2D eigenvalue weighted by molar-refractivity contribution is 8.01. The van der Waals surface area contributed by atoms with Gasteiger partial charge in [-0.25, -0.2) is 4.98 Å². The monoisotopic (exact) mass is 398 g/mol. The number of benzene rings is 2. The number of likely N-dealkylation sites (N-methyl/N-ethyl adjacent to an activating group) is 1. The van der Waals surface area contributed by atoms with Gasteiger partial charge in [-0.05, 0) is 31.3 Å². The normalized spacial score (nSPS) is 15.2. The van der Waals surface area contributed by atoms with Crippen LogP contribution in [0.3, 0.4) is 0 Å². The van der Waals surface area contributed by atoms with Crippen molar-refractivity contribution < 1.29 is 4.79 Å². The number of fused-ring (bicyclic) bond motifs is 1. The lowest BCUT2D eigenvalue weighted by atomic mass is 10.2. The van der Waals surface area contributed by atoms with Crippen molar-refractivity contribution in [1.29, 1.82) is 0 Å². The maximum absolute atomic E-state index is 12.5. The first-order valence-corrected chi connectivity index (χ1v) is 10.8. The van der Waals surface area contributed by atoms with Crippen LogP contribution < -0.4 is 10.2 Å². The summed E-state index contributed by atoms with van der Waals surface area (Å²) in [6.07, 6.45) is 0. The van der Waals surface area contributed by atoms with Crippen LogP contribution in [0.25, 0.3) is 10.2 Å². The topological polar surface area (TPSA) is 48.5 Å². The zero-order chi connectivity index (χ0) is 18.6. The number of aromatic nitrogens is 1. The number of carbonyl (C=O) groups is 1. The quantitative estimate of drug-likeness (QED) is 0.663. The molecule has 0 spiro atoms. The molecule has 3 aromatic rings. The second kappa shape index (κ2) is 8.29. The molecule has 0 aliphatic carbocycles. The molecule has 140 valence electrons. The first-order chi connectivity index (χ1) is 13.2. The second-order valence-electron chi connectivity index (χ2n) is 6.59. The fourth-order valence-electron chi connectivity index (χ4n) is 3.13. The Balaban J connectivity index is 1.39. The van der Waals surface area contributed by atoms with Gasteiger partial charge in [0.05, 0.1) is 27.3 Å². The summed E-state index contributed by atoms with van der Waals surface area (Å²) in [5.41, 5.74) is 2.98. The van der Waals surface area contributed by atoms with Crippen molar-refractivity contribution >= 4 is 50.6 Å². The Morgan fingerprint density at radius 2 is 1.85 bits per heavy atom. The van der Waals surface area contributed by atoms with Gasteiger partial charge in [0.2, 0.25) is 5.91 Å². The minimum absolute atomic E-state index is 0.000772. The predicted molar refractivity (Wildman–Crippen MR) is 115 cm³/mol. The molecule has 5 nitrogen and oxygen atoms in total. The molecule has 1 N–H and O–H groups in total. The highest BCUT2D eigenvalue weighted by Crippen LogP contribution is 2.30. The minimum Gasteiger partial charge on any atom is -0.367 e. The van der Waals surface area contributed by atoms with Crippen molar-refractivity contribution in [3.63, 3.8) is 0 Å². The summed E-state index contributed by atoms with van der Waals surface area (Å²) in [4.78, 5) is 21.8. The fourth-order valence-corrected chi connectivity index (χ4v) is 5.00. The number of carbonyl (C=O) groups excluding carboxylic acids is 1. The molecule has 1 saturated heterocycles. The summed E-state index contributed by atoms with van der Waals surface area (Å²) in [6, 6.07) is 16.1. The molecule has 1 fully saturated rings. The van der Waals surface area contributed by atoms with Crippen molar-refractivity contribution in [2.45, 2.75) is 4.34 Å². The third kappa shape index (κ3) is 4.43. The van der Waals surface area contributed by atoms with Crippen LogP contribution in [0.1, 0.15) is 0 Å². The zero-order valence-electron chi connectivity index (χ0n) is 15.2. The molecule has 0 unspecified atom stereocenters. The third-order valence-electron chi connectivity index (χ3n) is 4.62. The molecule has 0 saturated carbocycles. The second-order valence-corrected chi connectivity index (χ2v) is 8.84. The summed E-state index contributed by atoms with van der Waals surface area (Å²) < 4.78 is 2.08. The number of hydrogen-bond donors (Lipinski definition) is 1. The maximum Gasteiger partial charge on any atom is 0.234 e. The van der Waals surface area contributed by atoms with E-state index < -0.39 is 0 Å². The van der Waals surface area contributed by atoms with Crippen molar-refractivity contribution in [3.8, 4) is 0 Å². The summed E-state index contributed by atoms with van der Waals surface area (Å²) in [7, 11) is 2.14. The molecule has 2 aromatic carbocycles. The summed E-state index contributed by atoms with van der Waals surface area (Å²) >= 11 is 3.12. The maximum atomic E-state index is 12.5. The van der Waals surface area contributed by atoms with Gasteiger partial charge >= 0.3 is 0 Å². The Kier molecular flexibility index (Phi) is 5.61. The number of piperazine rings is 1. The third-order valence-corrected chi connectivity index (χ3v) is 6.80. The van der Waals surface area contributed by atoms with E-state index in [0.717, 1.165) is 52.1 Å². The average Bonchev–Trinajstić information content (AvgIpc) is 3.11. The predicted octanol–water partition coefficient (Wildman–Crippen LogP) is 3.78. The van der Waals surface area contributed by atoms with Crippen LogP contribution in [-0.4, -0.2) is 54.8 Å². The number of amides is 1. The molecular formula is C20H22N4OS2. The molecule has 0 bridgehead atoms. The van der Waals surface area contributed by atoms with Gasteiger partial charge < -0.3 is 15.1 Å². The van der Waals surface area contributed by atoms with Gasteiger partial charge in [-0.3, -0.25) is 4.79 Å². The number of thiazole rings is 1. The van der Waals surface area contributed by atoms with E-state index in [4.69, 9.17) is 0 Å². The highest BCUT2D eigenvalue weighted by Gasteiger charge is 2.18. The number of anilines is 2. The van der Waals surface area contributed by atoms with E-state index in [0.29, 0.717) is 5.75 Å². The molecule has 1 amide bonds. The SMILES string of the molecule is CN1CCN(c2ccccc2NC(=O)CSc2nc3ccccc3s2)CC1. The number of hydrogen-bond acceptors (Lipinski definition) is 6. The first-order valence-electron chi connectivity index (χ1n) is 9.00. The molecule has 27 heavy (non-hydrogen) atoms. The number of para-hydroxylation sites is 3. The average molecular weight is 399 g/mol. The lowest BCUT2D eigenvalue weighted by Crippen LogP contribution is -2.44. The van der Waals surface area contributed by atoms with Crippen LogP contribution in [0.4, 0.5) is 11.4 Å². The lowest BCUT2D eigenvalue weighted by Gasteiger charge is -2.35. The fraction of sp³-hybridized carbons (Fsp3) is 0.300. The Hall–Kier alpha value is -2.09. The number of thioether (sulfide) groups is 1.